The van der Waals surface area contributed by atoms with Gasteiger partial charge in [0.15, 0.2) is 23.3 Å². The summed E-state index contributed by atoms with van der Waals surface area (Å²) in [5, 5.41) is 2.40. The lowest BCUT2D eigenvalue weighted by Crippen LogP contribution is -2.17. The number of halogens is 4. The van der Waals surface area contributed by atoms with Gasteiger partial charge in [-0.25, -0.2) is 17.6 Å². The monoisotopic (exact) mass is 311 g/mol. The summed E-state index contributed by atoms with van der Waals surface area (Å²) in [6, 6.07) is 3.93. The summed E-state index contributed by atoms with van der Waals surface area (Å²) in [4.78, 5) is 12.0. The standard InChI is InChI=1S/C16H13F4NO/c1-7-4-8(2)15(9(3)5-7)21-16(22)10-6-11(17)13(19)14(20)12(10)18/h4-6H,1-3H3,(H,21,22). The fraction of sp³-hybridized carbons (Fsp3) is 0.188. The Kier molecular flexibility index (Phi) is 4.21. The number of hydrogen-bond donors (Lipinski definition) is 1. The molecule has 0 unspecified atom stereocenters. The van der Waals surface area contributed by atoms with Crippen LogP contribution < -0.4 is 5.32 Å². The molecule has 0 bridgehead atoms. The number of hydrogen-bond acceptors (Lipinski definition) is 1. The molecule has 0 aliphatic heterocycles. The topological polar surface area (TPSA) is 29.1 Å². The Balaban J connectivity index is 2.43. The zero-order valence-electron chi connectivity index (χ0n) is 12.2. The Labute approximate surface area is 124 Å². The van der Waals surface area contributed by atoms with Crippen LogP contribution in [0.3, 0.4) is 0 Å². The van der Waals surface area contributed by atoms with Crippen LogP contribution in [0, 0.1) is 44.0 Å². The molecular weight excluding hydrogens is 298 g/mol. The number of amides is 1. The first-order valence-corrected chi connectivity index (χ1v) is 6.44. The number of anilines is 1. The van der Waals surface area contributed by atoms with Crippen molar-refractivity contribution in [1.82, 2.24) is 0 Å². The van der Waals surface area contributed by atoms with Gasteiger partial charge >= 0.3 is 0 Å². The van der Waals surface area contributed by atoms with Gasteiger partial charge in [-0.2, -0.15) is 0 Å². The van der Waals surface area contributed by atoms with Crippen molar-refractivity contribution in [1.29, 1.82) is 0 Å². The smallest absolute Gasteiger partial charge is 0.258 e. The maximum Gasteiger partial charge on any atom is 0.258 e. The van der Waals surface area contributed by atoms with Gasteiger partial charge < -0.3 is 5.32 Å². The van der Waals surface area contributed by atoms with Crippen molar-refractivity contribution in [2.24, 2.45) is 0 Å². The van der Waals surface area contributed by atoms with Crippen molar-refractivity contribution in [3.05, 3.63) is 63.7 Å². The van der Waals surface area contributed by atoms with Crippen LogP contribution in [0.15, 0.2) is 18.2 Å². The van der Waals surface area contributed by atoms with E-state index in [2.05, 4.69) is 5.32 Å². The molecule has 116 valence electrons. The minimum absolute atomic E-state index is 0.335. The fourth-order valence-electron chi connectivity index (χ4n) is 2.30. The van der Waals surface area contributed by atoms with E-state index in [-0.39, 0.29) is 0 Å². The van der Waals surface area contributed by atoms with E-state index in [9.17, 15) is 22.4 Å². The van der Waals surface area contributed by atoms with Crippen LogP contribution in [0.25, 0.3) is 0 Å². The van der Waals surface area contributed by atoms with Crippen molar-refractivity contribution in [3.8, 4) is 0 Å². The molecule has 1 N–H and O–H groups in total. The van der Waals surface area contributed by atoms with Crippen LogP contribution >= 0.6 is 0 Å². The Morgan fingerprint density at radius 1 is 0.864 bits per heavy atom. The third-order valence-electron chi connectivity index (χ3n) is 3.26. The molecule has 0 heterocycles. The SMILES string of the molecule is Cc1cc(C)c(NC(=O)c2cc(F)c(F)c(F)c2F)c(C)c1. The maximum absolute atomic E-state index is 13.6. The van der Waals surface area contributed by atoms with Gasteiger partial charge in [0.1, 0.15) is 0 Å². The summed E-state index contributed by atoms with van der Waals surface area (Å²) in [6.07, 6.45) is 0. The zero-order chi connectivity index (χ0) is 16.6. The van der Waals surface area contributed by atoms with Gasteiger partial charge in [-0.3, -0.25) is 4.79 Å². The van der Waals surface area contributed by atoms with Crippen LogP contribution in [0.4, 0.5) is 23.2 Å². The van der Waals surface area contributed by atoms with E-state index < -0.39 is 34.7 Å². The molecule has 0 aromatic heterocycles. The summed E-state index contributed by atoms with van der Waals surface area (Å²) < 4.78 is 52.9. The molecule has 0 aliphatic rings. The molecule has 6 heteroatoms. The highest BCUT2D eigenvalue weighted by Crippen LogP contribution is 2.24. The van der Waals surface area contributed by atoms with Crippen molar-refractivity contribution in [3.63, 3.8) is 0 Å². The number of carbonyl (C=O) groups is 1. The zero-order valence-corrected chi connectivity index (χ0v) is 12.2. The second kappa shape index (κ2) is 5.79. The third kappa shape index (κ3) is 2.81. The Morgan fingerprint density at radius 3 is 1.95 bits per heavy atom. The second-order valence-electron chi connectivity index (χ2n) is 5.08. The van der Waals surface area contributed by atoms with Gasteiger partial charge in [0.25, 0.3) is 5.91 Å². The molecule has 0 radical (unpaired) electrons. The third-order valence-corrected chi connectivity index (χ3v) is 3.26. The van der Waals surface area contributed by atoms with Crippen LogP contribution in [0.2, 0.25) is 0 Å². The van der Waals surface area contributed by atoms with Gasteiger partial charge in [-0.05, 0) is 38.0 Å². The summed E-state index contributed by atoms with van der Waals surface area (Å²) >= 11 is 0. The van der Waals surface area contributed by atoms with E-state index in [4.69, 9.17) is 0 Å². The van der Waals surface area contributed by atoms with Crippen LogP contribution in [0.5, 0.6) is 0 Å². The number of rotatable bonds is 2. The largest absolute Gasteiger partial charge is 0.321 e. The average molecular weight is 311 g/mol. The van der Waals surface area contributed by atoms with E-state index in [1.807, 2.05) is 6.92 Å². The quantitative estimate of drug-likeness (QED) is 0.496. The molecule has 0 atom stereocenters. The first kappa shape index (κ1) is 16.0. The molecule has 2 nitrogen and oxygen atoms in total. The van der Waals surface area contributed by atoms with Crippen molar-refractivity contribution < 1.29 is 22.4 Å². The van der Waals surface area contributed by atoms with E-state index in [1.54, 1.807) is 26.0 Å². The predicted octanol–water partition coefficient (Wildman–Crippen LogP) is 4.42. The predicted molar refractivity (Wildman–Crippen MR) is 74.9 cm³/mol. The average Bonchev–Trinajstić information content (AvgIpc) is 2.44. The van der Waals surface area contributed by atoms with E-state index in [0.29, 0.717) is 22.9 Å². The minimum atomic E-state index is -2.01. The van der Waals surface area contributed by atoms with Gasteiger partial charge in [0.05, 0.1) is 5.56 Å². The molecule has 0 aliphatic carbocycles. The highest BCUT2D eigenvalue weighted by atomic mass is 19.2. The van der Waals surface area contributed by atoms with Crippen LogP contribution in [-0.4, -0.2) is 5.91 Å². The van der Waals surface area contributed by atoms with Gasteiger partial charge in [-0.1, -0.05) is 17.7 Å². The molecular formula is C16H13F4NO. The molecule has 0 fully saturated rings. The second-order valence-corrected chi connectivity index (χ2v) is 5.08. The highest BCUT2D eigenvalue weighted by molar-refractivity contribution is 6.05. The van der Waals surface area contributed by atoms with Gasteiger partial charge in [0, 0.05) is 5.69 Å². The molecule has 2 aromatic rings. The summed E-state index contributed by atoms with van der Waals surface area (Å²) in [5.41, 5.74) is 1.93. The highest BCUT2D eigenvalue weighted by Gasteiger charge is 2.23. The van der Waals surface area contributed by atoms with E-state index >= 15 is 0 Å². The lowest BCUT2D eigenvalue weighted by molar-refractivity contribution is 0.102. The van der Waals surface area contributed by atoms with E-state index in [1.165, 1.54) is 0 Å². The molecule has 2 rings (SSSR count). The summed E-state index contributed by atoms with van der Waals surface area (Å²) in [6.45, 7) is 5.34. The van der Waals surface area contributed by atoms with Crippen molar-refractivity contribution in [2.45, 2.75) is 20.8 Å². The summed E-state index contributed by atoms with van der Waals surface area (Å²) in [5.74, 6) is -8.36. The Hall–Kier alpha value is -2.37. The van der Waals surface area contributed by atoms with Gasteiger partial charge in [-0.15, -0.1) is 0 Å². The molecule has 1 amide bonds. The number of nitrogens with one attached hydrogen (secondary N) is 1. The van der Waals surface area contributed by atoms with Crippen molar-refractivity contribution >= 4 is 11.6 Å². The number of benzene rings is 2. The summed E-state index contributed by atoms with van der Waals surface area (Å²) in [7, 11) is 0. The van der Waals surface area contributed by atoms with E-state index in [0.717, 1.165) is 5.56 Å². The lowest BCUT2D eigenvalue weighted by atomic mass is 10.0. The molecule has 0 saturated carbocycles. The molecule has 0 spiro atoms. The molecule has 2 aromatic carbocycles. The van der Waals surface area contributed by atoms with Crippen molar-refractivity contribution in [2.75, 3.05) is 5.32 Å². The van der Waals surface area contributed by atoms with Gasteiger partial charge in [0.2, 0.25) is 0 Å². The first-order chi connectivity index (χ1) is 10.2. The lowest BCUT2D eigenvalue weighted by Gasteiger charge is -2.13. The maximum atomic E-state index is 13.6. The normalized spacial score (nSPS) is 10.7. The number of carbonyl (C=O) groups excluding carboxylic acids is 1. The number of aryl methyl sites for hydroxylation is 3. The fourth-order valence-corrected chi connectivity index (χ4v) is 2.30. The Morgan fingerprint density at radius 2 is 1.41 bits per heavy atom. The molecule has 22 heavy (non-hydrogen) atoms. The molecule has 0 saturated heterocycles. The van der Waals surface area contributed by atoms with Crippen LogP contribution in [-0.2, 0) is 0 Å². The first-order valence-electron chi connectivity index (χ1n) is 6.44. The van der Waals surface area contributed by atoms with Crippen LogP contribution in [0.1, 0.15) is 27.0 Å². The Bertz CT molecular complexity index is 748. The minimum Gasteiger partial charge on any atom is -0.321 e.